The summed E-state index contributed by atoms with van der Waals surface area (Å²) in [5.74, 6) is 0.389. The summed E-state index contributed by atoms with van der Waals surface area (Å²) in [4.78, 5) is 15.0. The lowest BCUT2D eigenvalue weighted by molar-refractivity contribution is -0.134. The van der Waals surface area contributed by atoms with Crippen molar-refractivity contribution in [3.05, 3.63) is 35.9 Å². The average molecular weight is 257 g/mol. The summed E-state index contributed by atoms with van der Waals surface area (Å²) in [6.45, 7) is 1.93. The number of hydrogen-bond acceptors (Lipinski definition) is 1. The fraction of sp³-hybridized carbons (Fsp3) is 0.588. The zero-order chi connectivity index (χ0) is 13.1. The van der Waals surface area contributed by atoms with Gasteiger partial charge in [0.25, 0.3) is 0 Å². The minimum atomic E-state index is -0.166. The van der Waals surface area contributed by atoms with Crippen LogP contribution in [-0.4, -0.2) is 23.9 Å². The van der Waals surface area contributed by atoms with Crippen LogP contribution in [-0.2, 0) is 10.2 Å². The summed E-state index contributed by atoms with van der Waals surface area (Å²) in [7, 11) is 0. The van der Waals surface area contributed by atoms with Crippen molar-refractivity contribution in [2.75, 3.05) is 13.1 Å². The second kappa shape index (κ2) is 5.36. The van der Waals surface area contributed by atoms with Gasteiger partial charge >= 0.3 is 0 Å². The fourth-order valence-corrected chi connectivity index (χ4v) is 3.26. The van der Waals surface area contributed by atoms with Gasteiger partial charge in [0.15, 0.2) is 0 Å². The van der Waals surface area contributed by atoms with Crippen LogP contribution in [0.25, 0.3) is 0 Å². The summed E-state index contributed by atoms with van der Waals surface area (Å²) in [5.41, 5.74) is 1.06. The zero-order valence-corrected chi connectivity index (χ0v) is 11.6. The first-order valence-electron chi connectivity index (χ1n) is 7.68. The largest absolute Gasteiger partial charge is 0.342 e. The second-order valence-corrected chi connectivity index (χ2v) is 6.01. The van der Waals surface area contributed by atoms with E-state index in [9.17, 15) is 4.79 Å². The van der Waals surface area contributed by atoms with Gasteiger partial charge in [0, 0.05) is 13.1 Å². The Morgan fingerprint density at radius 1 is 0.895 bits per heavy atom. The Morgan fingerprint density at radius 2 is 1.47 bits per heavy atom. The molecule has 102 valence electrons. The van der Waals surface area contributed by atoms with E-state index in [2.05, 4.69) is 29.2 Å². The van der Waals surface area contributed by atoms with E-state index < -0.39 is 0 Å². The minimum absolute atomic E-state index is 0.166. The highest BCUT2D eigenvalue weighted by Gasteiger charge is 2.52. The summed E-state index contributed by atoms with van der Waals surface area (Å²) in [6, 6.07) is 10.4. The van der Waals surface area contributed by atoms with Gasteiger partial charge in [-0.1, -0.05) is 49.6 Å². The van der Waals surface area contributed by atoms with Crippen molar-refractivity contribution < 1.29 is 4.79 Å². The molecule has 2 fully saturated rings. The van der Waals surface area contributed by atoms with Gasteiger partial charge < -0.3 is 4.90 Å². The third-order valence-electron chi connectivity index (χ3n) is 4.63. The highest BCUT2D eigenvalue weighted by molar-refractivity contribution is 5.91. The van der Waals surface area contributed by atoms with E-state index in [0.717, 1.165) is 25.9 Å². The lowest BCUT2D eigenvalue weighted by Crippen LogP contribution is -2.41. The Labute approximate surface area is 115 Å². The molecule has 1 aromatic carbocycles. The van der Waals surface area contributed by atoms with Crippen molar-refractivity contribution >= 4 is 5.91 Å². The number of likely N-dealkylation sites (tertiary alicyclic amines) is 1. The Bertz CT molecular complexity index is 428. The van der Waals surface area contributed by atoms with E-state index in [-0.39, 0.29) is 5.41 Å². The SMILES string of the molecule is O=C(N1CCCCCCC1)C1(c2ccccc2)CC1. The van der Waals surface area contributed by atoms with Crippen molar-refractivity contribution in [1.29, 1.82) is 0 Å². The lowest BCUT2D eigenvalue weighted by Gasteiger charge is -2.29. The van der Waals surface area contributed by atoms with E-state index in [1.165, 1.54) is 37.7 Å². The van der Waals surface area contributed by atoms with Crippen LogP contribution in [0, 0.1) is 0 Å². The van der Waals surface area contributed by atoms with Gasteiger partial charge in [0.2, 0.25) is 5.91 Å². The monoisotopic (exact) mass is 257 g/mol. The molecule has 0 radical (unpaired) electrons. The minimum Gasteiger partial charge on any atom is -0.342 e. The highest BCUT2D eigenvalue weighted by Crippen LogP contribution is 2.49. The maximum Gasteiger partial charge on any atom is 0.233 e. The van der Waals surface area contributed by atoms with Crippen molar-refractivity contribution in [1.82, 2.24) is 4.90 Å². The van der Waals surface area contributed by atoms with Gasteiger partial charge in [-0.2, -0.15) is 0 Å². The van der Waals surface area contributed by atoms with Crippen LogP contribution >= 0.6 is 0 Å². The summed E-state index contributed by atoms with van der Waals surface area (Å²) < 4.78 is 0. The molecule has 0 unspecified atom stereocenters. The molecule has 2 heteroatoms. The molecule has 1 aromatic rings. The zero-order valence-electron chi connectivity index (χ0n) is 11.6. The van der Waals surface area contributed by atoms with E-state index >= 15 is 0 Å². The van der Waals surface area contributed by atoms with Gasteiger partial charge in [-0.3, -0.25) is 4.79 Å². The smallest absolute Gasteiger partial charge is 0.233 e. The molecule has 2 nitrogen and oxygen atoms in total. The number of carbonyl (C=O) groups excluding carboxylic acids is 1. The molecule has 0 atom stereocenters. The lowest BCUT2D eigenvalue weighted by atomic mass is 9.93. The number of carbonyl (C=O) groups is 1. The standard InChI is InChI=1S/C17H23NO/c19-16(18-13-7-2-1-3-8-14-18)17(11-12-17)15-9-5-4-6-10-15/h4-6,9-10H,1-3,7-8,11-14H2. The van der Waals surface area contributed by atoms with E-state index in [1.54, 1.807) is 0 Å². The van der Waals surface area contributed by atoms with Gasteiger partial charge in [-0.25, -0.2) is 0 Å². The molecule has 1 saturated heterocycles. The molecule has 1 aliphatic carbocycles. The molecule has 19 heavy (non-hydrogen) atoms. The van der Waals surface area contributed by atoms with Crippen molar-refractivity contribution in [3.8, 4) is 0 Å². The molecule has 1 aliphatic heterocycles. The third-order valence-corrected chi connectivity index (χ3v) is 4.63. The number of hydrogen-bond donors (Lipinski definition) is 0. The predicted molar refractivity (Wildman–Crippen MR) is 77.0 cm³/mol. The van der Waals surface area contributed by atoms with E-state index in [4.69, 9.17) is 0 Å². The molecular formula is C17H23NO. The molecule has 1 saturated carbocycles. The number of rotatable bonds is 2. The first-order valence-corrected chi connectivity index (χ1v) is 7.68. The molecule has 0 aromatic heterocycles. The van der Waals surface area contributed by atoms with Crippen LogP contribution in [0.2, 0.25) is 0 Å². The highest BCUT2D eigenvalue weighted by atomic mass is 16.2. The van der Waals surface area contributed by atoms with Crippen LogP contribution < -0.4 is 0 Å². The first-order chi connectivity index (χ1) is 9.33. The molecule has 3 rings (SSSR count). The second-order valence-electron chi connectivity index (χ2n) is 6.01. The van der Waals surface area contributed by atoms with Gasteiger partial charge in [-0.15, -0.1) is 0 Å². The number of nitrogens with zero attached hydrogens (tertiary/aromatic N) is 1. The van der Waals surface area contributed by atoms with E-state index in [0.29, 0.717) is 5.91 Å². The van der Waals surface area contributed by atoms with E-state index in [1.807, 2.05) is 6.07 Å². The Balaban J connectivity index is 1.75. The molecule has 2 aliphatic rings. The van der Waals surface area contributed by atoms with Gasteiger partial charge in [0.05, 0.1) is 5.41 Å². The molecule has 1 amide bonds. The van der Waals surface area contributed by atoms with Crippen LogP contribution in [0.4, 0.5) is 0 Å². The van der Waals surface area contributed by atoms with Crippen molar-refractivity contribution in [2.45, 2.75) is 50.4 Å². The van der Waals surface area contributed by atoms with Crippen molar-refractivity contribution in [2.24, 2.45) is 0 Å². The molecule has 0 bridgehead atoms. The molecule has 0 spiro atoms. The topological polar surface area (TPSA) is 20.3 Å². The molecular weight excluding hydrogens is 234 g/mol. The molecule has 0 N–H and O–H groups in total. The normalized spacial score (nSPS) is 22.4. The Morgan fingerprint density at radius 3 is 2.05 bits per heavy atom. The summed E-state index contributed by atoms with van der Waals surface area (Å²) >= 11 is 0. The van der Waals surface area contributed by atoms with Gasteiger partial charge in [0.1, 0.15) is 0 Å². The first kappa shape index (κ1) is 12.7. The van der Waals surface area contributed by atoms with Crippen LogP contribution in [0.15, 0.2) is 30.3 Å². The van der Waals surface area contributed by atoms with Crippen LogP contribution in [0.3, 0.4) is 0 Å². The number of benzene rings is 1. The predicted octanol–water partition coefficient (Wildman–Crippen LogP) is 3.51. The molecule has 1 heterocycles. The maximum atomic E-state index is 12.9. The summed E-state index contributed by atoms with van der Waals surface area (Å²) in [6.07, 6.45) is 8.32. The average Bonchev–Trinajstić information content (AvgIpc) is 3.20. The third kappa shape index (κ3) is 2.54. The summed E-state index contributed by atoms with van der Waals surface area (Å²) in [5, 5.41) is 0. The maximum absolute atomic E-state index is 12.9. The Hall–Kier alpha value is -1.31. The Kier molecular flexibility index (Phi) is 3.58. The fourth-order valence-electron chi connectivity index (χ4n) is 3.26. The van der Waals surface area contributed by atoms with Crippen LogP contribution in [0.5, 0.6) is 0 Å². The van der Waals surface area contributed by atoms with Gasteiger partial charge in [-0.05, 0) is 31.2 Å². The van der Waals surface area contributed by atoms with Crippen LogP contribution in [0.1, 0.15) is 50.5 Å². The van der Waals surface area contributed by atoms with Crippen molar-refractivity contribution in [3.63, 3.8) is 0 Å². The number of amides is 1. The quantitative estimate of drug-likeness (QED) is 0.794.